The maximum atomic E-state index is 11.7. The molecule has 0 aliphatic heterocycles. The second-order valence-electron chi connectivity index (χ2n) is 4.27. The lowest BCUT2D eigenvalue weighted by molar-refractivity contribution is -0.111. The number of hydrogen-bond acceptors (Lipinski definition) is 2. The van der Waals surface area contributed by atoms with Crippen LogP contribution in [0.25, 0.3) is 0 Å². The molecular formula is C17H17NOS. The molecule has 0 fully saturated rings. The van der Waals surface area contributed by atoms with Crippen molar-refractivity contribution in [3.05, 3.63) is 71.6 Å². The van der Waals surface area contributed by atoms with Crippen LogP contribution in [0.2, 0.25) is 0 Å². The van der Waals surface area contributed by atoms with Crippen LogP contribution < -0.4 is 5.32 Å². The van der Waals surface area contributed by atoms with Gasteiger partial charge in [0, 0.05) is 16.7 Å². The minimum atomic E-state index is -0.113. The molecule has 0 saturated carbocycles. The van der Waals surface area contributed by atoms with Crippen molar-refractivity contribution in [3.8, 4) is 0 Å². The molecule has 3 heteroatoms. The molecule has 0 atom stereocenters. The van der Waals surface area contributed by atoms with Gasteiger partial charge in [0.15, 0.2) is 0 Å². The van der Waals surface area contributed by atoms with Gasteiger partial charge in [-0.15, -0.1) is 0 Å². The molecule has 20 heavy (non-hydrogen) atoms. The summed E-state index contributed by atoms with van der Waals surface area (Å²) in [5, 5.41) is 4.64. The number of anilines is 1. The monoisotopic (exact) mass is 283 g/mol. The first-order chi connectivity index (χ1) is 9.78. The third-order valence-electron chi connectivity index (χ3n) is 2.80. The summed E-state index contributed by atoms with van der Waals surface area (Å²) in [7, 11) is 0. The zero-order valence-corrected chi connectivity index (χ0v) is 12.2. The van der Waals surface area contributed by atoms with E-state index in [0.29, 0.717) is 0 Å². The van der Waals surface area contributed by atoms with E-state index in [4.69, 9.17) is 0 Å². The zero-order chi connectivity index (χ0) is 14.2. The second kappa shape index (κ2) is 7.56. The molecule has 0 radical (unpaired) electrons. The lowest BCUT2D eigenvalue weighted by Crippen LogP contribution is -2.07. The van der Waals surface area contributed by atoms with Gasteiger partial charge in [-0.3, -0.25) is 4.79 Å². The summed E-state index contributed by atoms with van der Waals surface area (Å²) in [4.78, 5) is 12.9. The van der Waals surface area contributed by atoms with E-state index >= 15 is 0 Å². The molecule has 102 valence electrons. The van der Waals surface area contributed by atoms with Gasteiger partial charge in [-0.2, -0.15) is 0 Å². The second-order valence-corrected chi connectivity index (χ2v) is 5.25. The van der Waals surface area contributed by atoms with Gasteiger partial charge < -0.3 is 5.32 Å². The van der Waals surface area contributed by atoms with Gasteiger partial charge in [0.05, 0.1) is 0 Å². The van der Waals surface area contributed by atoms with Crippen molar-refractivity contribution in [2.24, 2.45) is 0 Å². The molecule has 0 heterocycles. The number of carbonyl (C=O) groups excluding carboxylic acids is 1. The van der Waals surface area contributed by atoms with Crippen LogP contribution in [0.15, 0.2) is 71.0 Å². The Labute approximate surface area is 123 Å². The number of carbonyl (C=O) groups is 1. The Morgan fingerprint density at radius 3 is 2.45 bits per heavy atom. The highest BCUT2D eigenvalue weighted by molar-refractivity contribution is 8.02. The Hall–Kier alpha value is -2.00. The van der Waals surface area contributed by atoms with Gasteiger partial charge in [0.2, 0.25) is 5.91 Å². The molecule has 0 aliphatic carbocycles. The summed E-state index contributed by atoms with van der Waals surface area (Å²) in [6.45, 7) is 2.11. The SMILES string of the molecule is CCc1ccc(NC(=O)/C=C\Sc2ccccc2)cc1. The van der Waals surface area contributed by atoms with Gasteiger partial charge in [-0.25, -0.2) is 0 Å². The van der Waals surface area contributed by atoms with E-state index in [1.54, 1.807) is 11.5 Å². The number of amides is 1. The summed E-state index contributed by atoms with van der Waals surface area (Å²) in [6.07, 6.45) is 2.55. The first-order valence-corrected chi connectivity index (χ1v) is 7.44. The van der Waals surface area contributed by atoms with E-state index in [-0.39, 0.29) is 5.91 Å². The van der Waals surface area contributed by atoms with Gasteiger partial charge in [0.25, 0.3) is 0 Å². The normalized spacial score (nSPS) is 10.7. The average molecular weight is 283 g/mol. The van der Waals surface area contributed by atoms with Crippen LogP contribution in [0.4, 0.5) is 5.69 Å². The van der Waals surface area contributed by atoms with Crippen LogP contribution in [-0.4, -0.2) is 5.91 Å². The maximum absolute atomic E-state index is 11.7. The van der Waals surface area contributed by atoms with Crippen molar-refractivity contribution >= 4 is 23.4 Å². The number of thioether (sulfide) groups is 1. The van der Waals surface area contributed by atoms with E-state index in [0.717, 1.165) is 17.0 Å². The first kappa shape index (κ1) is 14.4. The molecule has 2 rings (SSSR count). The van der Waals surface area contributed by atoms with E-state index in [1.165, 1.54) is 17.3 Å². The standard InChI is InChI=1S/C17H17NOS/c1-2-14-8-10-15(11-9-14)18-17(19)12-13-20-16-6-4-3-5-7-16/h3-13H,2H2,1H3,(H,18,19)/b13-12-. The van der Waals surface area contributed by atoms with Crippen LogP contribution in [-0.2, 0) is 11.2 Å². The molecule has 0 spiro atoms. The highest BCUT2D eigenvalue weighted by Gasteiger charge is 1.97. The Balaban J connectivity index is 1.85. The minimum Gasteiger partial charge on any atom is -0.322 e. The molecule has 2 nitrogen and oxygen atoms in total. The lowest BCUT2D eigenvalue weighted by atomic mass is 10.1. The Morgan fingerprint density at radius 2 is 1.80 bits per heavy atom. The number of aryl methyl sites for hydroxylation is 1. The summed E-state index contributed by atoms with van der Waals surface area (Å²) < 4.78 is 0. The summed E-state index contributed by atoms with van der Waals surface area (Å²) in [5.74, 6) is -0.113. The van der Waals surface area contributed by atoms with Crippen molar-refractivity contribution in [2.75, 3.05) is 5.32 Å². The Bertz CT molecular complexity index is 576. The van der Waals surface area contributed by atoms with Crippen LogP contribution in [0.3, 0.4) is 0 Å². The Morgan fingerprint density at radius 1 is 1.10 bits per heavy atom. The molecule has 0 aromatic heterocycles. The molecule has 0 saturated heterocycles. The predicted molar refractivity (Wildman–Crippen MR) is 85.9 cm³/mol. The topological polar surface area (TPSA) is 29.1 Å². The fourth-order valence-corrected chi connectivity index (χ4v) is 2.34. The highest BCUT2D eigenvalue weighted by atomic mass is 32.2. The van der Waals surface area contributed by atoms with Crippen LogP contribution in [0, 0.1) is 0 Å². The summed E-state index contributed by atoms with van der Waals surface area (Å²) in [5.41, 5.74) is 2.08. The van der Waals surface area contributed by atoms with Crippen molar-refractivity contribution in [1.82, 2.24) is 0 Å². The van der Waals surface area contributed by atoms with Crippen molar-refractivity contribution in [3.63, 3.8) is 0 Å². The van der Waals surface area contributed by atoms with Gasteiger partial charge in [0.1, 0.15) is 0 Å². The van der Waals surface area contributed by atoms with E-state index in [9.17, 15) is 4.79 Å². The third kappa shape index (κ3) is 4.59. The van der Waals surface area contributed by atoms with Crippen molar-refractivity contribution in [2.45, 2.75) is 18.2 Å². The Kier molecular flexibility index (Phi) is 5.44. The van der Waals surface area contributed by atoms with E-state index in [1.807, 2.05) is 54.6 Å². The summed E-state index contributed by atoms with van der Waals surface area (Å²) in [6, 6.07) is 17.9. The van der Waals surface area contributed by atoms with Gasteiger partial charge in [-0.05, 0) is 41.7 Å². The fourth-order valence-electron chi connectivity index (χ4n) is 1.68. The number of hydrogen-bond donors (Lipinski definition) is 1. The molecule has 2 aromatic rings. The largest absolute Gasteiger partial charge is 0.322 e. The molecule has 1 amide bonds. The maximum Gasteiger partial charge on any atom is 0.248 e. The smallest absolute Gasteiger partial charge is 0.248 e. The van der Waals surface area contributed by atoms with Gasteiger partial charge in [-0.1, -0.05) is 49.0 Å². The van der Waals surface area contributed by atoms with Crippen molar-refractivity contribution in [1.29, 1.82) is 0 Å². The van der Waals surface area contributed by atoms with E-state index in [2.05, 4.69) is 12.2 Å². The van der Waals surface area contributed by atoms with Crippen LogP contribution in [0.1, 0.15) is 12.5 Å². The molecule has 1 N–H and O–H groups in total. The predicted octanol–water partition coefficient (Wildman–Crippen LogP) is 4.49. The van der Waals surface area contributed by atoms with Gasteiger partial charge >= 0.3 is 0 Å². The molecule has 2 aromatic carbocycles. The highest BCUT2D eigenvalue weighted by Crippen LogP contribution is 2.18. The minimum absolute atomic E-state index is 0.113. The first-order valence-electron chi connectivity index (χ1n) is 6.56. The van der Waals surface area contributed by atoms with Crippen LogP contribution in [0.5, 0.6) is 0 Å². The number of rotatable bonds is 5. The lowest BCUT2D eigenvalue weighted by Gasteiger charge is -2.03. The van der Waals surface area contributed by atoms with Crippen molar-refractivity contribution < 1.29 is 4.79 Å². The molecule has 0 bridgehead atoms. The number of benzene rings is 2. The molecular weight excluding hydrogens is 266 g/mol. The summed E-state index contributed by atoms with van der Waals surface area (Å²) >= 11 is 1.52. The fraction of sp³-hybridized carbons (Fsp3) is 0.118. The zero-order valence-electron chi connectivity index (χ0n) is 11.4. The average Bonchev–Trinajstić information content (AvgIpc) is 2.49. The quantitative estimate of drug-likeness (QED) is 0.647. The van der Waals surface area contributed by atoms with E-state index < -0.39 is 0 Å². The molecule has 0 aliphatic rings. The molecule has 0 unspecified atom stereocenters. The van der Waals surface area contributed by atoms with Crippen LogP contribution >= 0.6 is 11.8 Å². The third-order valence-corrected chi connectivity index (χ3v) is 3.61. The number of nitrogens with one attached hydrogen (secondary N) is 1.